The predicted molar refractivity (Wildman–Crippen MR) is 49.4 cm³/mol. The Morgan fingerprint density at radius 1 is 1.25 bits per heavy atom. The van der Waals surface area contributed by atoms with Crippen molar-refractivity contribution in [2.75, 3.05) is 7.11 Å². The van der Waals surface area contributed by atoms with E-state index in [0.717, 1.165) is 0 Å². The quantitative estimate of drug-likeness (QED) is 0.665. The molecule has 1 unspecified atom stereocenters. The van der Waals surface area contributed by atoms with Gasteiger partial charge in [0.25, 0.3) is 0 Å². The zero-order valence-electron chi connectivity index (χ0n) is 6.02. The molecule has 0 saturated heterocycles. The van der Waals surface area contributed by atoms with Gasteiger partial charge in [-0.1, -0.05) is 18.2 Å². The average molecular weight is 196 g/mol. The first-order valence-electron chi connectivity index (χ1n) is 3.02. The van der Waals surface area contributed by atoms with Gasteiger partial charge in [-0.15, -0.1) is 0 Å². The average Bonchev–Trinajstić information content (AvgIpc) is 2.06. The predicted octanol–water partition coefficient (Wildman–Crippen LogP) is 0.642. The van der Waals surface area contributed by atoms with Crippen molar-refractivity contribution in [2.24, 2.45) is 0 Å². The Morgan fingerprint density at radius 2 is 1.83 bits per heavy atom. The molecule has 0 aliphatic rings. The zero-order chi connectivity index (χ0) is 8.10. The minimum atomic E-state index is -1.68. The summed E-state index contributed by atoms with van der Waals surface area (Å²) in [5, 5.41) is 0. The number of para-hydroxylation sites is 1. The van der Waals surface area contributed by atoms with Crippen LogP contribution < -0.4 is 4.18 Å². The van der Waals surface area contributed by atoms with Crippen LogP contribution in [-0.2, 0) is 15.5 Å². The Morgan fingerprint density at radius 3 is 2.33 bits per heavy atom. The summed E-state index contributed by atoms with van der Waals surface area (Å²) in [5.74, 6) is 0.535. The molecule has 0 aliphatic carbocycles. The Hall–Kier alpha value is 0.130. The van der Waals surface area contributed by atoms with Crippen LogP contribution in [0.15, 0.2) is 30.3 Å². The maximum absolute atomic E-state index is 10.6. The van der Waals surface area contributed by atoms with Gasteiger partial charge in [0.1, 0.15) is 5.75 Å². The Balaban J connectivity index is 0.00000121. The van der Waals surface area contributed by atoms with Gasteiger partial charge in [0.05, 0.1) is 7.11 Å². The molecular weight excluding hydrogens is 187 g/mol. The molecular formula is C7H9NaO3S. The van der Waals surface area contributed by atoms with Gasteiger partial charge in [0.15, 0.2) is 0 Å². The van der Waals surface area contributed by atoms with Gasteiger partial charge in [-0.05, 0) is 12.1 Å². The monoisotopic (exact) mass is 196 g/mol. The fraction of sp³-hybridized carbons (Fsp3) is 0.143. The van der Waals surface area contributed by atoms with E-state index in [1.807, 2.05) is 6.07 Å². The molecule has 1 aromatic carbocycles. The van der Waals surface area contributed by atoms with Crippen molar-refractivity contribution in [2.45, 2.75) is 0 Å². The molecule has 0 N–H and O–H groups in total. The topological polar surface area (TPSA) is 35.5 Å². The van der Waals surface area contributed by atoms with Crippen molar-refractivity contribution in [3.63, 3.8) is 0 Å². The second-order valence-corrected chi connectivity index (χ2v) is 2.68. The van der Waals surface area contributed by atoms with E-state index in [1.54, 1.807) is 24.3 Å². The molecule has 1 aromatic rings. The van der Waals surface area contributed by atoms with Crippen LogP contribution in [0, 0.1) is 0 Å². The summed E-state index contributed by atoms with van der Waals surface area (Å²) in [4.78, 5) is 0. The summed E-state index contributed by atoms with van der Waals surface area (Å²) in [6.45, 7) is 0. The normalized spacial score (nSPS) is 11.4. The molecule has 5 heteroatoms. The van der Waals surface area contributed by atoms with E-state index < -0.39 is 11.4 Å². The van der Waals surface area contributed by atoms with E-state index >= 15 is 0 Å². The molecule has 3 nitrogen and oxygen atoms in total. The fourth-order valence-corrected chi connectivity index (χ4v) is 0.925. The third kappa shape index (κ3) is 4.23. The Kier molecular flexibility index (Phi) is 6.70. The van der Waals surface area contributed by atoms with Crippen LogP contribution >= 0.6 is 0 Å². The molecule has 62 valence electrons. The van der Waals surface area contributed by atoms with E-state index in [1.165, 1.54) is 7.11 Å². The van der Waals surface area contributed by atoms with Crippen LogP contribution in [0.5, 0.6) is 5.75 Å². The summed E-state index contributed by atoms with van der Waals surface area (Å²) in [6, 6.07) is 8.85. The molecule has 0 spiro atoms. The molecule has 0 amide bonds. The maximum atomic E-state index is 10.6. The first kappa shape index (κ1) is 12.1. The standard InChI is InChI=1S/C7H8O3S.Na.H/c1-9-11(8)10-7-5-3-2-4-6-7;;/h2-6H,1H3;;. The summed E-state index contributed by atoms with van der Waals surface area (Å²) in [6.07, 6.45) is 0. The summed E-state index contributed by atoms with van der Waals surface area (Å²) >= 11 is -1.68. The molecule has 0 saturated carbocycles. The van der Waals surface area contributed by atoms with Gasteiger partial charge in [0.2, 0.25) is 0 Å². The van der Waals surface area contributed by atoms with E-state index in [4.69, 9.17) is 4.18 Å². The number of benzene rings is 1. The van der Waals surface area contributed by atoms with E-state index in [2.05, 4.69) is 4.18 Å². The van der Waals surface area contributed by atoms with Crippen molar-refractivity contribution in [1.29, 1.82) is 0 Å². The second kappa shape index (κ2) is 6.62. The molecule has 1 atom stereocenters. The second-order valence-electron chi connectivity index (χ2n) is 1.77. The van der Waals surface area contributed by atoms with Crippen LogP contribution in [0.2, 0.25) is 0 Å². The molecule has 1 rings (SSSR count). The van der Waals surface area contributed by atoms with E-state index in [-0.39, 0.29) is 29.6 Å². The SMILES string of the molecule is COS(=O)Oc1ccccc1.[NaH]. The summed E-state index contributed by atoms with van der Waals surface area (Å²) in [7, 11) is 1.32. The van der Waals surface area contributed by atoms with Crippen LogP contribution in [0.3, 0.4) is 0 Å². The molecule has 12 heavy (non-hydrogen) atoms. The molecule has 0 aromatic heterocycles. The molecule has 0 fully saturated rings. The van der Waals surface area contributed by atoms with Crippen molar-refractivity contribution in [1.82, 2.24) is 0 Å². The molecule has 0 heterocycles. The van der Waals surface area contributed by atoms with E-state index in [0.29, 0.717) is 5.75 Å². The fourth-order valence-electron chi connectivity index (χ4n) is 0.589. The van der Waals surface area contributed by atoms with Crippen molar-refractivity contribution >= 4 is 40.9 Å². The summed E-state index contributed by atoms with van der Waals surface area (Å²) in [5.41, 5.74) is 0. The third-order valence-electron chi connectivity index (χ3n) is 1.04. The van der Waals surface area contributed by atoms with Gasteiger partial charge in [-0.3, -0.25) is 4.18 Å². The molecule has 0 radical (unpaired) electrons. The van der Waals surface area contributed by atoms with Crippen LogP contribution in [0.1, 0.15) is 0 Å². The van der Waals surface area contributed by atoms with Gasteiger partial charge in [0, 0.05) is 0 Å². The van der Waals surface area contributed by atoms with Crippen LogP contribution in [-0.4, -0.2) is 40.9 Å². The number of rotatable bonds is 3. The van der Waals surface area contributed by atoms with Gasteiger partial charge < -0.3 is 4.18 Å². The van der Waals surface area contributed by atoms with E-state index in [9.17, 15) is 4.21 Å². The van der Waals surface area contributed by atoms with Crippen LogP contribution in [0.4, 0.5) is 0 Å². The van der Waals surface area contributed by atoms with Gasteiger partial charge >= 0.3 is 40.9 Å². The summed E-state index contributed by atoms with van der Waals surface area (Å²) < 4.78 is 19.9. The van der Waals surface area contributed by atoms with Crippen LogP contribution in [0.25, 0.3) is 0 Å². The number of hydrogen-bond acceptors (Lipinski definition) is 3. The third-order valence-corrected chi connectivity index (χ3v) is 1.64. The first-order chi connectivity index (χ1) is 5.33. The Labute approximate surface area is 96.2 Å². The molecule has 0 bridgehead atoms. The number of hydrogen-bond donors (Lipinski definition) is 0. The molecule has 0 aliphatic heterocycles. The van der Waals surface area contributed by atoms with Crippen molar-refractivity contribution < 1.29 is 12.6 Å². The van der Waals surface area contributed by atoms with Gasteiger partial charge in [-0.2, -0.15) is 4.21 Å². The van der Waals surface area contributed by atoms with Crippen molar-refractivity contribution in [3.05, 3.63) is 30.3 Å². The Bertz CT molecular complexity index is 240. The van der Waals surface area contributed by atoms with Gasteiger partial charge in [-0.25, -0.2) is 0 Å². The van der Waals surface area contributed by atoms with Crippen molar-refractivity contribution in [3.8, 4) is 5.75 Å². The minimum absolute atomic E-state index is 0. The zero-order valence-corrected chi connectivity index (χ0v) is 6.84. The first-order valence-corrected chi connectivity index (χ1v) is 4.02.